The summed E-state index contributed by atoms with van der Waals surface area (Å²) in [6, 6.07) is 5.62. The number of rotatable bonds is 4. The predicted octanol–water partition coefficient (Wildman–Crippen LogP) is -0.570. The molecule has 1 aromatic rings. The van der Waals surface area contributed by atoms with E-state index in [1.54, 1.807) is 0 Å². The quantitative estimate of drug-likeness (QED) is 0.514. The minimum atomic E-state index is -0.848. The fraction of sp³-hybridized carbons (Fsp3) is 0.533. The summed E-state index contributed by atoms with van der Waals surface area (Å²) in [6.07, 6.45) is 0.138. The number of hydrogen-bond donors (Lipinski definition) is 5. The zero-order chi connectivity index (χ0) is 15.5. The first-order valence-corrected chi connectivity index (χ1v) is 7.58. The molecule has 6 nitrogen and oxygen atoms in total. The number of aliphatic hydroxyl groups is 1. The van der Waals surface area contributed by atoms with Crippen molar-refractivity contribution in [2.75, 3.05) is 19.6 Å². The molecule has 22 heavy (non-hydrogen) atoms. The molecule has 0 spiro atoms. The van der Waals surface area contributed by atoms with Crippen molar-refractivity contribution in [3.63, 3.8) is 0 Å². The highest BCUT2D eigenvalue weighted by atomic mass is 19.1. The second-order valence-corrected chi connectivity index (χ2v) is 5.84. The van der Waals surface area contributed by atoms with Crippen LogP contribution in [0.5, 0.6) is 0 Å². The number of fused-ring (bicyclic) bond motifs is 1. The van der Waals surface area contributed by atoms with E-state index in [2.05, 4.69) is 21.5 Å². The molecule has 120 valence electrons. The Bertz CT molecular complexity index is 525. The Hall–Kier alpha value is -1.54. The van der Waals surface area contributed by atoms with E-state index in [0.29, 0.717) is 11.6 Å². The van der Waals surface area contributed by atoms with Gasteiger partial charge in [0.05, 0.1) is 6.10 Å². The van der Waals surface area contributed by atoms with Gasteiger partial charge in [-0.15, -0.1) is 0 Å². The summed E-state index contributed by atoms with van der Waals surface area (Å²) in [5.74, 6) is -0.279. The largest absolute Gasteiger partial charge is 0.387 e. The molecule has 0 aliphatic carbocycles. The third kappa shape index (κ3) is 3.27. The molecule has 5 N–H and O–H groups in total. The van der Waals surface area contributed by atoms with Crippen molar-refractivity contribution in [3.8, 4) is 0 Å². The van der Waals surface area contributed by atoms with Crippen LogP contribution in [0, 0.1) is 11.7 Å². The number of piperidine rings is 1. The van der Waals surface area contributed by atoms with E-state index >= 15 is 0 Å². The Balaban J connectivity index is 1.52. The molecule has 0 radical (unpaired) electrons. The molecule has 2 fully saturated rings. The van der Waals surface area contributed by atoms with Crippen LogP contribution in [0.4, 0.5) is 4.39 Å². The summed E-state index contributed by atoms with van der Waals surface area (Å²) >= 11 is 0. The number of carbonyl (C=O) groups is 1. The van der Waals surface area contributed by atoms with Crippen molar-refractivity contribution in [1.29, 1.82) is 0 Å². The summed E-state index contributed by atoms with van der Waals surface area (Å²) in [4.78, 5) is 12.3. The molecule has 0 bridgehead atoms. The zero-order valence-electron chi connectivity index (χ0n) is 12.2. The lowest BCUT2D eigenvalue weighted by molar-refractivity contribution is -0.124. The molecule has 2 aliphatic heterocycles. The lowest BCUT2D eigenvalue weighted by atomic mass is 9.89. The highest BCUT2D eigenvalue weighted by molar-refractivity contribution is 5.82. The first kappa shape index (κ1) is 15.4. The lowest BCUT2D eigenvalue weighted by Gasteiger charge is -2.27. The first-order valence-electron chi connectivity index (χ1n) is 7.58. The van der Waals surface area contributed by atoms with Crippen molar-refractivity contribution in [1.82, 2.24) is 21.5 Å². The van der Waals surface area contributed by atoms with E-state index in [-0.39, 0.29) is 30.2 Å². The van der Waals surface area contributed by atoms with Gasteiger partial charge in [0.15, 0.2) is 0 Å². The molecule has 2 aliphatic rings. The third-order valence-electron chi connectivity index (χ3n) is 4.39. The van der Waals surface area contributed by atoms with Crippen molar-refractivity contribution >= 4 is 5.91 Å². The van der Waals surface area contributed by atoms with Crippen molar-refractivity contribution in [2.24, 2.45) is 5.92 Å². The van der Waals surface area contributed by atoms with Gasteiger partial charge in [0.1, 0.15) is 11.9 Å². The maximum Gasteiger partial charge on any atom is 0.238 e. The summed E-state index contributed by atoms with van der Waals surface area (Å²) in [5, 5.41) is 16.1. The number of aliphatic hydroxyl groups excluding tert-OH is 1. The van der Waals surface area contributed by atoms with Crippen molar-refractivity contribution in [3.05, 3.63) is 35.6 Å². The van der Waals surface area contributed by atoms with Crippen LogP contribution >= 0.6 is 0 Å². The van der Waals surface area contributed by atoms with Crippen LogP contribution in [-0.2, 0) is 4.79 Å². The van der Waals surface area contributed by atoms with E-state index in [4.69, 9.17) is 0 Å². The first-order chi connectivity index (χ1) is 10.6. The van der Waals surface area contributed by atoms with Gasteiger partial charge in [0.25, 0.3) is 0 Å². The van der Waals surface area contributed by atoms with Crippen LogP contribution < -0.4 is 21.5 Å². The standard InChI is InChI=1S/C15H21FN4O2/c16-10-3-1-9(2-4-10)13(21)8-18-15(22)14-11-7-17-6-5-12(11)19-20-14/h1-4,11-14,17,19-21H,5-8H2,(H,18,22). The minimum absolute atomic E-state index is 0.105. The predicted molar refractivity (Wildman–Crippen MR) is 79.2 cm³/mol. The van der Waals surface area contributed by atoms with Crippen molar-refractivity contribution < 1.29 is 14.3 Å². The van der Waals surface area contributed by atoms with Gasteiger partial charge in [-0.1, -0.05) is 12.1 Å². The molecule has 2 heterocycles. The van der Waals surface area contributed by atoms with E-state index in [0.717, 1.165) is 19.5 Å². The van der Waals surface area contributed by atoms with E-state index in [1.807, 2.05) is 0 Å². The summed E-state index contributed by atoms with van der Waals surface area (Å²) in [5.41, 5.74) is 6.78. The maximum atomic E-state index is 12.9. The summed E-state index contributed by atoms with van der Waals surface area (Å²) < 4.78 is 12.9. The van der Waals surface area contributed by atoms with Gasteiger partial charge in [0, 0.05) is 25.0 Å². The molecule has 1 aromatic carbocycles. The Labute approximate surface area is 128 Å². The van der Waals surface area contributed by atoms with Gasteiger partial charge >= 0.3 is 0 Å². The number of benzene rings is 1. The monoisotopic (exact) mass is 308 g/mol. The van der Waals surface area contributed by atoms with Crippen molar-refractivity contribution in [2.45, 2.75) is 24.6 Å². The van der Waals surface area contributed by atoms with Gasteiger partial charge in [-0.25, -0.2) is 9.82 Å². The van der Waals surface area contributed by atoms with Crippen LogP contribution in [0.3, 0.4) is 0 Å². The van der Waals surface area contributed by atoms with Crippen LogP contribution in [-0.4, -0.2) is 42.7 Å². The van der Waals surface area contributed by atoms with E-state index < -0.39 is 6.10 Å². The number of amides is 1. The fourth-order valence-electron chi connectivity index (χ4n) is 3.09. The number of nitrogens with one attached hydrogen (secondary N) is 4. The summed E-state index contributed by atoms with van der Waals surface area (Å²) in [7, 11) is 0. The smallest absolute Gasteiger partial charge is 0.238 e. The number of carbonyl (C=O) groups excluding carboxylic acids is 1. The average molecular weight is 308 g/mol. The highest BCUT2D eigenvalue weighted by Gasteiger charge is 2.41. The molecule has 1 amide bonds. The molecule has 3 rings (SSSR count). The molecule has 7 heteroatoms. The Kier molecular flexibility index (Phi) is 4.68. The zero-order valence-corrected chi connectivity index (χ0v) is 12.2. The Morgan fingerprint density at radius 1 is 1.36 bits per heavy atom. The normalized spacial score (nSPS) is 28.9. The molecular weight excluding hydrogens is 287 g/mol. The number of hydrazine groups is 1. The molecule has 4 atom stereocenters. The van der Waals surface area contributed by atoms with Gasteiger partial charge in [-0.3, -0.25) is 10.2 Å². The molecule has 2 saturated heterocycles. The summed E-state index contributed by atoms with van der Waals surface area (Å²) in [6.45, 7) is 1.85. The van der Waals surface area contributed by atoms with Gasteiger partial charge in [0.2, 0.25) is 5.91 Å². The van der Waals surface area contributed by atoms with Crippen LogP contribution in [0.2, 0.25) is 0 Å². The lowest BCUT2D eigenvalue weighted by Crippen LogP contribution is -2.49. The molecule has 4 unspecified atom stereocenters. The maximum absolute atomic E-state index is 12.9. The number of halogens is 1. The van der Waals surface area contributed by atoms with Crippen LogP contribution in [0.25, 0.3) is 0 Å². The SMILES string of the molecule is O=C(NCC(O)c1ccc(F)cc1)C1NNC2CCNCC21. The number of hydrogen-bond acceptors (Lipinski definition) is 5. The van der Waals surface area contributed by atoms with Crippen LogP contribution in [0.1, 0.15) is 18.1 Å². The van der Waals surface area contributed by atoms with Gasteiger partial charge in [-0.05, 0) is 30.7 Å². The third-order valence-corrected chi connectivity index (χ3v) is 4.39. The van der Waals surface area contributed by atoms with E-state index in [1.165, 1.54) is 24.3 Å². The van der Waals surface area contributed by atoms with Gasteiger partial charge in [-0.2, -0.15) is 0 Å². The Morgan fingerprint density at radius 3 is 2.91 bits per heavy atom. The molecule has 0 saturated carbocycles. The fourth-order valence-corrected chi connectivity index (χ4v) is 3.09. The average Bonchev–Trinajstić information content (AvgIpc) is 2.97. The Morgan fingerprint density at radius 2 is 2.14 bits per heavy atom. The van der Waals surface area contributed by atoms with E-state index in [9.17, 15) is 14.3 Å². The molecular formula is C15H21FN4O2. The topological polar surface area (TPSA) is 85.4 Å². The molecule has 0 aromatic heterocycles. The second-order valence-electron chi connectivity index (χ2n) is 5.84. The highest BCUT2D eigenvalue weighted by Crippen LogP contribution is 2.20. The minimum Gasteiger partial charge on any atom is -0.387 e. The van der Waals surface area contributed by atoms with Gasteiger partial charge < -0.3 is 15.7 Å². The van der Waals surface area contributed by atoms with Crippen LogP contribution in [0.15, 0.2) is 24.3 Å². The second kappa shape index (κ2) is 6.70.